The van der Waals surface area contributed by atoms with Crippen LogP contribution in [0.3, 0.4) is 0 Å². The minimum Gasteiger partial charge on any atom is -0.392 e. The van der Waals surface area contributed by atoms with Gasteiger partial charge in [0.15, 0.2) is 0 Å². The summed E-state index contributed by atoms with van der Waals surface area (Å²) in [6.07, 6.45) is 1.75. The standard InChI is InChI=1S/C13H18FNO/c1-10-7-11(4-5-13(10)14)8-15-6-2-3-12(16)9-15/h4-5,7,12,16H,2-3,6,8-9H2,1H3/t12-/m1/s1. The van der Waals surface area contributed by atoms with E-state index < -0.39 is 0 Å². The van der Waals surface area contributed by atoms with Gasteiger partial charge in [-0.25, -0.2) is 4.39 Å². The monoisotopic (exact) mass is 223 g/mol. The Kier molecular flexibility index (Phi) is 3.56. The van der Waals surface area contributed by atoms with Crippen molar-refractivity contribution in [3.63, 3.8) is 0 Å². The molecule has 0 aliphatic carbocycles. The molecule has 1 aromatic carbocycles. The molecule has 16 heavy (non-hydrogen) atoms. The molecule has 2 nitrogen and oxygen atoms in total. The predicted molar refractivity (Wildman–Crippen MR) is 61.7 cm³/mol. The first kappa shape index (κ1) is 11.6. The average Bonchev–Trinajstić information content (AvgIpc) is 2.24. The predicted octanol–water partition coefficient (Wildman–Crippen LogP) is 2.09. The summed E-state index contributed by atoms with van der Waals surface area (Å²) in [4.78, 5) is 2.22. The van der Waals surface area contributed by atoms with Crippen LogP contribution in [-0.4, -0.2) is 29.2 Å². The van der Waals surface area contributed by atoms with Gasteiger partial charge >= 0.3 is 0 Å². The van der Waals surface area contributed by atoms with E-state index in [0.29, 0.717) is 5.56 Å². The molecule has 0 bridgehead atoms. The van der Waals surface area contributed by atoms with Gasteiger partial charge in [0.25, 0.3) is 0 Å². The van der Waals surface area contributed by atoms with Gasteiger partial charge in [0.2, 0.25) is 0 Å². The van der Waals surface area contributed by atoms with Crippen LogP contribution in [0.1, 0.15) is 24.0 Å². The zero-order chi connectivity index (χ0) is 11.5. The maximum Gasteiger partial charge on any atom is 0.126 e. The van der Waals surface area contributed by atoms with E-state index in [0.717, 1.165) is 38.0 Å². The summed E-state index contributed by atoms with van der Waals surface area (Å²) in [7, 11) is 0. The maximum absolute atomic E-state index is 13.1. The molecule has 0 aromatic heterocycles. The fourth-order valence-corrected chi connectivity index (χ4v) is 2.24. The van der Waals surface area contributed by atoms with Crippen LogP contribution in [0.4, 0.5) is 4.39 Å². The normalized spacial score (nSPS) is 22.3. The first-order chi connectivity index (χ1) is 7.65. The second-order valence-corrected chi connectivity index (χ2v) is 4.61. The summed E-state index contributed by atoms with van der Waals surface area (Å²) in [5.74, 6) is -0.151. The Morgan fingerprint density at radius 3 is 3.00 bits per heavy atom. The molecule has 2 rings (SSSR count). The number of rotatable bonds is 2. The van der Waals surface area contributed by atoms with Crippen molar-refractivity contribution in [2.45, 2.75) is 32.4 Å². The van der Waals surface area contributed by atoms with Crippen LogP contribution >= 0.6 is 0 Å². The fraction of sp³-hybridized carbons (Fsp3) is 0.538. The lowest BCUT2D eigenvalue weighted by Gasteiger charge is -2.30. The van der Waals surface area contributed by atoms with Crippen molar-refractivity contribution in [2.24, 2.45) is 0 Å². The Morgan fingerprint density at radius 1 is 1.50 bits per heavy atom. The molecule has 0 unspecified atom stereocenters. The largest absolute Gasteiger partial charge is 0.392 e. The molecule has 1 fully saturated rings. The number of hydrogen-bond donors (Lipinski definition) is 1. The molecule has 0 amide bonds. The summed E-state index contributed by atoms with van der Waals surface area (Å²) in [6.45, 7) is 4.34. The van der Waals surface area contributed by atoms with E-state index in [1.807, 2.05) is 12.1 Å². The number of β-amino-alcohol motifs (C(OH)–C–C–N with tert-alkyl or cyclic N) is 1. The van der Waals surface area contributed by atoms with Crippen molar-refractivity contribution >= 4 is 0 Å². The SMILES string of the molecule is Cc1cc(CN2CCC[C@@H](O)C2)ccc1F. The molecule has 0 saturated carbocycles. The lowest BCUT2D eigenvalue weighted by Crippen LogP contribution is -2.37. The lowest BCUT2D eigenvalue weighted by molar-refractivity contribution is 0.0668. The molecule has 88 valence electrons. The number of piperidine rings is 1. The summed E-state index contributed by atoms with van der Waals surface area (Å²) in [5.41, 5.74) is 1.81. The van der Waals surface area contributed by atoms with Gasteiger partial charge in [-0.3, -0.25) is 4.90 Å². The first-order valence-corrected chi connectivity index (χ1v) is 5.80. The van der Waals surface area contributed by atoms with Gasteiger partial charge in [-0.2, -0.15) is 0 Å². The molecule has 3 heteroatoms. The third-order valence-electron chi connectivity index (χ3n) is 3.11. The van der Waals surface area contributed by atoms with E-state index in [1.54, 1.807) is 6.92 Å². The van der Waals surface area contributed by atoms with Crippen molar-refractivity contribution in [3.8, 4) is 0 Å². The molecule has 1 atom stereocenters. The topological polar surface area (TPSA) is 23.5 Å². The van der Waals surface area contributed by atoms with Gasteiger partial charge < -0.3 is 5.11 Å². The Morgan fingerprint density at radius 2 is 2.31 bits per heavy atom. The van der Waals surface area contributed by atoms with Crippen molar-refractivity contribution < 1.29 is 9.50 Å². The van der Waals surface area contributed by atoms with Gasteiger partial charge in [-0.15, -0.1) is 0 Å². The number of likely N-dealkylation sites (tertiary alicyclic amines) is 1. The summed E-state index contributed by atoms with van der Waals surface area (Å²) in [6, 6.07) is 5.23. The molecule has 1 aliphatic rings. The van der Waals surface area contributed by atoms with Crippen LogP contribution in [-0.2, 0) is 6.54 Å². The molecule has 1 heterocycles. The third-order valence-corrected chi connectivity index (χ3v) is 3.11. The van der Waals surface area contributed by atoms with Crippen molar-refractivity contribution in [2.75, 3.05) is 13.1 Å². The quantitative estimate of drug-likeness (QED) is 0.830. The minimum atomic E-state index is -0.199. The zero-order valence-corrected chi connectivity index (χ0v) is 9.62. The lowest BCUT2D eigenvalue weighted by atomic mass is 10.1. The second kappa shape index (κ2) is 4.93. The van der Waals surface area contributed by atoms with Gasteiger partial charge in [0.1, 0.15) is 5.82 Å². The minimum absolute atomic E-state index is 0.151. The Labute approximate surface area is 95.7 Å². The van der Waals surface area contributed by atoms with Crippen molar-refractivity contribution in [1.29, 1.82) is 0 Å². The van der Waals surface area contributed by atoms with E-state index >= 15 is 0 Å². The zero-order valence-electron chi connectivity index (χ0n) is 9.62. The van der Waals surface area contributed by atoms with Crippen LogP contribution < -0.4 is 0 Å². The average molecular weight is 223 g/mol. The van der Waals surface area contributed by atoms with Gasteiger partial charge in [0.05, 0.1) is 6.10 Å². The van der Waals surface area contributed by atoms with E-state index in [-0.39, 0.29) is 11.9 Å². The highest BCUT2D eigenvalue weighted by Crippen LogP contribution is 2.15. The molecular formula is C13H18FNO. The van der Waals surface area contributed by atoms with Gasteiger partial charge in [-0.05, 0) is 43.5 Å². The number of aliphatic hydroxyl groups is 1. The molecule has 1 saturated heterocycles. The molecule has 1 N–H and O–H groups in total. The van der Waals surface area contributed by atoms with Crippen LogP contribution in [0.25, 0.3) is 0 Å². The first-order valence-electron chi connectivity index (χ1n) is 5.80. The number of nitrogens with zero attached hydrogens (tertiary/aromatic N) is 1. The highest BCUT2D eigenvalue weighted by molar-refractivity contribution is 5.23. The van der Waals surface area contributed by atoms with Crippen LogP contribution in [0.15, 0.2) is 18.2 Å². The van der Waals surface area contributed by atoms with E-state index in [1.165, 1.54) is 6.07 Å². The summed E-state index contributed by atoms with van der Waals surface area (Å²) < 4.78 is 13.1. The highest BCUT2D eigenvalue weighted by atomic mass is 19.1. The van der Waals surface area contributed by atoms with Crippen LogP contribution in [0.5, 0.6) is 0 Å². The van der Waals surface area contributed by atoms with Crippen molar-refractivity contribution in [1.82, 2.24) is 4.90 Å². The number of benzene rings is 1. The third kappa shape index (κ3) is 2.80. The molecule has 1 aromatic rings. The number of hydrogen-bond acceptors (Lipinski definition) is 2. The Bertz CT molecular complexity index is 367. The van der Waals surface area contributed by atoms with E-state index in [4.69, 9.17) is 0 Å². The summed E-state index contributed by atoms with van der Waals surface area (Å²) in [5, 5.41) is 9.55. The maximum atomic E-state index is 13.1. The van der Waals surface area contributed by atoms with Crippen LogP contribution in [0.2, 0.25) is 0 Å². The molecule has 1 aliphatic heterocycles. The second-order valence-electron chi connectivity index (χ2n) is 4.61. The van der Waals surface area contributed by atoms with E-state index in [2.05, 4.69) is 4.90 Å². The van der Waals surface area contributed by atoms with E-state index in [9.17, 15) is 9.50 Å². The number of halogens is 1. The smallest absolute Gasteiger partial charge is 0.126 e. The fourth-order valence-electron chi connectivity index (χ4n) is 2.24. The summed E-state index contributed by atoms with van der Waals surface area (Å²) >= 11 is 0. The Hall–Kier alpha value is -0.930. The molecule has 0 radical (unpaired) electrons. The molecule has 0 spiro atoms. The molecular weight excluding hydrogens is 205 g/mol. The Balaban J connectivity index is 2.00. The van der Waals surface area contributed by atoms with Gasteiger partial charge in [-0.1, -0.05) is 12.1 Å². The van der Waals surface area contributed by atoms with Crippen molar-refractivity contribution in [3.05, 3.63) is 35.1 Å². The number of aliphatic hydroxyl groups excluding tert-OH is 1. The van der Waals surface area contributed by atoms with Crippen LogP contribution in [0, 0.1) is 12.7 Å². The number of aryl methyl sites for hydroxylation is 1. The van der Waals surface area contributed by atoms with Gasteiger partial charge in [0, 0.05) is 13.1 Å². The highest BCUT2D eigenvalue weighted by Gasteiger charge is 2.17.